The van der Waals surface area contributed by atoms with Crippen LogP contribution in [0.2, 0.25) is 0 Å². The lowest BCUT2D eigenvalue weighted by atomic mass is 10.1. The van der Waals surface area contributed by atoms with Gasteiger partial charge in [0.15, 0.2) is 0 Å². The number of hydrogen-bond acceptors (Lipinski definition) is 5. The summed E-state index contributed by atoms with van der Waals surface area (Å²) in [6, 6.07) is 0. The second-order valence-corrected chi connectivity index (χ2v) is 4.76. The third kappa shape index (κ3) is 3.53. The maximum Gasteiger partial charge on any atom is 0.445 e. The minimum absolute atomic E-state index is 0.0574. The van der Waals surface area contributed by atoms with Gasteiger partial charge in [-0.15, -0.1) is 10.2 Å². The fraction of sp³-hybridized carbons (Fsp3) is 0.778. The molecule has 1 unspecified atom stereocenters. The van der Waals surface area contributed by atoms with Gasteiger partial charge in [-0.1, -0.05) is 11.3 Å². The maximum atomic E-state index is 12.3. The first-order valence-corrected chi connectivity index (χ1v) is 6.13. The molecule has 17 heavy (non-hydrogen) atoms. The van der Waals surface area contributed by atoms with E-state index in [1.165, 1.54) is 0 Å². The topological polar surface area (TPSA) is 47.0 Å². The van der Waals surface area contributed by atoms with E-state index in [9.17, 15) is 13.2 Å². The third-order valence-corrected chi connectivity index (χ3v) is 3.35. The highest BCUT2D eigenvalue weighted by atomic mass is 32.1. The first-order chi connectivity index (χ1) is 8.05. The SMILES string of the molecule is FC(F)(F)c1nnc(NCC2CCCCO2)s1. The molecule has 2 rings (SSSR count). The largest absolute Gasteiger partial charge is 0.445 e. The number of hydrogen-bond donors (Lipinski definition) is 1. The highest BCUT2D eigenvalue weighted by molar-refractivity contribution is 7.15. The number of alkyl halides is 3. The summed E-state index contributed by atoms with van der Waals surface area (Å²) in [5.74, 6) is 0. The molecule has 1 aliphatic rings. The van der Waals surface area contributed by atoms with Crippen molar-refractivity contribution in [2.24, 2.45) is 0 Å². The molecule has 0 aromatic carbocycles. The molecule has 4 nitrogen and oxygen atoms in total. The van der Waals surface area contributed by atoms with Crippen molar-refractivity contribution in [3.8, 4) is 0 Å². The van der Waals surface area contributed by atoms with E-state index in [0.29, 0.717) is 17.9 Å². The van der Waals surface area contributed by atoms with Gasteiger partial charge in [-0.2, -0.15) is 13.2 Å². The quantitative estimate of drug-likeness (QED) is 0.914. The van der Waals surface area contributed by atoms with Crippen LogP contribution in [0.3, 0.4) is 0 Å². The smallest absolute Gasteiger partial charge is 0.376 e. The highest BCUT2D eigenvalue weighted by Crippen LogP contribution is 2.33. The van der Waals surface area contributed by atoms with Crippen LogP contribution < -0.4 is 5.32 Å². The summed E-state index contributed by atoms with van der Waals surface area (Å²) in [7, 11) is 0. The van der Waals surface area contributed by atoms with Crippen LogP contribution in [0.1, 0.15) is 24.3 Å². The Morgan fingerprint density at radius 3 is 2.76 bits per heavy atom. The van der Waals surface area contributed by atoms with Crippen molar-refractivity contribution in [1.82, 2.24) is 10.2 Å². The molecule has 1 N–H and O–H groups in total. The molecule has 1 aliphatic heterocycles. The van der Waals surface area contributed by atoms with Gasteiger partial charge in [-0.3, -0.25) is 0 Å². The Balaban J connectivity index is 1.84. The molecule has 0 amide bonds. The van der Waals surface area contributed by atoms with Crippen molar-refractivity contribution in [3.63, 3.8) is 0 Å². The summed E-state index contributed by atoms with van der Waals surface area (Å²) < 4.78 is 42.2. The van der Waals surface area contributed by atoms with Gasteiger partial charge in [0.25, 0.3) is 0 Å². The van der Waals surface area contributed by atoms with Gasteiger partial charge in [0.1, 0.15) is 0 Å². The fourth-order valence-electron chi connectivity index (χ4n) is 1.58. The van der Waals surface area contributed by atoms with Crippen LogP contribution in [-0.4, -0.2) is 29.5 Å². The zero-order valence-electron chi connectivity index (χ0n) is 8.96. The van der Waals surface area contributed by atoms with Gasteiger partial charge in [-0.25, -0.2) is 0 Å². The second-order valence-electron chi connectivity index (χ2n) is 3.78. The summed E-state index contributed by atoms with van der Waals surface area (Å²) in [4.78, 5) is 0. The number of halogens is 3. The van der Waals surface area contributed by atoms with Crippen molar-refractivity contribution < 1.29 is 17.9 Å². The number of rotatable bonds is 3. The molecule has 0 radical (unpaired) electrons. The number of anilines is 1. The highest BCUT2D eigenvalue weighted by Gasteiger charge is 2.35. The molecule has 0 bridgehead atoms. The molecule has 0 spiro atoms. The van der Waals surface area contributed by atoms with Crippen LogP contribution in [0.15, 0.2) is 0 Å². The lowest BCUT2D eigenvalue weighted by molar-refractivity contribution is -0.138. The van der Waals surface area contributed by atoms with Crippen LogP contribution in [0, 0.1) is 0 Å². The van der Waals surface area contributed by atoms with Gasteiger partial charge >= 0.3 is 6.18 Å². The Morgan fingerprint density at radius 2 is 2.18 bits per heavy atom. The van der Waals surface area contributed by atoms with E-state index >= 15 is 0 Å². The molecule has 1 saturated heterocycles. The first kappa shape index (κ1) is 12.6. The van der Waals surface area contributed by atoms with E-state index in [2.05, 4.69) is 15.5 Å². The van der Waals surface area contributed by atoms with Crippen molar-refractivity contribution in [1.29, 1.82) is 0 Å². The van der Waals surface area contributed by atoms with E-state index in [-0.39, 0.29) is 11.2 Å². The predicted octanol–water partition coefficient (Wildman–Crippen LogP) is 2.54. The molecule has 1 aromatic rings. The molecule has 0 aliphatic carbocycles. The van der Waals surface area contributed by atoms with Gasteiger partial charge in [-0.05, 0) is 19.3 Å². The van der Waals surface area contributed by atoms with E-state index in [1.54, 1.807) is 0 Å². The van der Waals surface area contributed by atoms with Crippen molar-refractivity contribution in [2.75, 3.05) is 18.5 Å². The Hall–Kier alpha value is -0.890. The molecular weight excluding hydrogens is 255 g/mol. The summed E-state index contributed by atoms with van der Waals surface area (Å²) in [5, 5.41) is 8.63. The van der Waals surface area contributed by atoms with Gasteiger partial charge in [0.2, 0.25) is 10.1 Å². The Bertz CT molecular complexity index is 363. The summed E-state index contributed by atoms with van der Waals surface area (Å²) in [6.07, 6.45) is -1.29. The fourth-order valence-corrected chi connectivity index (χ4v) is 2.20. The van der Waals surface area contributed by atoms with Crippen LogP contribution in [0.25, 0.3) is 0 Å². The number of nitrogens with zero attached hydrogens (tertiary/aromatic N) is 2. The second kappa shape index (κ2) is 5.18. The molecule has 2 heterocycles. The van der Waals surface area contributed by atoms with Gasteiger partial charge in [0, 0.05) is 13.2 Å². The Kier molecular flexibility index (Phi) is 3.82. The zero-order valence-corrected chi connectivity index (χ0v) is 9.77. The predicted molar refractivity (Wildman–Crippen MR) is 57.0 cm³/mol. The van der Waals surface area contributed by atoms with Crippen LogP contribution in [0.5, 0.6) is 0 Å². The molecule has 0 saturated carbocycles. The average molecular weight is 267 g/mol. The van der Waals surface area contributed by atoms with E-state index in [0.717, 1.165) is 25.9 Å². The zero-order chi connectivity index (χ0) is 12.3. The van der Waals surface area contributed by atoms with Gasteiger partial charge in [0.05, 0.1) is 6.10 Å². The van der Waals surface area contributed by atoms with Gasteiger partial charge < -0.3 is 10.1 Å². The van der Waals surface area contributed by atoms with Crippen LogP contribution >= 0.6 is 11.3 Å². The lowest BCUT2D eigenvalue weighted by Crippen LogP contribution is -2.26. The van der Waals surface area contributed by atoms with Crippen LogP contribution in [0.4, 0.5) is 18.3 Å². The number of ether oxygens (including phenoxy) is 1. The minimum Gasteiger partial charge on any atom is -0.376 e. The summed E-state index contributed by atoms with van der Waals surface area (Å²) in [5.41, 5.74) is 0. The van der Waals surface area contributed by atoms with Crippen molar-refractivity contribution >= 4 is 16.5 Å². The number of aromatic nitrogens is 2. The number of nitrogens with one attached hydrogen (secondary N) is 1. The summed E-state index contributed by atoms with van der Waals surface area (Å²) in [6.45, 7) is 1.20. The van der Waals surface area contributed by atoms with Crippen molar-refractivity contribution in [3.05, 3.63) is 5.01 Å². The summed E-state index contributed by atoms with van der Waals surface area (Å²) >= 11 is 0.515. The van der Waals surface area contributed by atoms with E-state index in [4.69, 9.17) is 4.74 Å². The normalized spacial score (nSPS) is 21.5. The minimum atomic E-state index is -4.42. The molecule has 96 valence electrons. The maximum absolute atomic E-state index is 12.3. The standard InChI is InChI=1S/C9H12F3N3OS/c10-9(11,12)7-14-15-8(17-7)13-5-6-3-1-2-4-16-6/h6H,1-5H2,(H,13,15). The lowest BCUT2D eigenvalue weighted by Gasteiger charge is -2.22. The molecule has 1 aromatic heterocycles. The first-order valence-electron chi connectivity index (χ1n) is 5.32. The molecular formula is C9H12F3N3OS. The van der Waals surface area contributed by atoms with Crippen molar-refractivity contribution in [2.45, 2.75) is 31.5 Å². The molecule has 8 heteroatoms. The Labute approximate surface area is 100 Å². The van der Waals surface area contributed by atoms with E-state index < -0.39 is 11.2 Å². The van der Waals surface area contributed by atoms with E-state index in [1.807, 2.05) is 0 Å². The Morgan fingerprint density at radius 1 is 1.35 bits per heavy atom. The molecule has 1 atom stereocenters. The average Bonchev–Trinajstić information content (AvgIpc) is 2.76. The van der Waals surface area contributed by atoms with Crippen LogP contribution in [-0.2, 0) is 10.9 Å². The third-order valence-electron chi connectivity index (χ3n) is 2.42. The molecule has 1 fully saturated rings. The monoisotopic (exact) mass is 267 g/mol.